The van der Waals surface area contributed by atoms with E-state index in [0.717, 1.165) is 18.6 Å². The average Bonchev–Trinajstić information content (AvgIpc) is 2.62. The number of para-hydroxylation sites is 1. The van der Waals surface area contributed by atoms with Crippen molar-refractivity contribution < 1.29 is 0 Å². The Labute approximate surface area is 131 Å². The molecule has 0 radical (unpaired) electrons. The van der Waals surface area contributed by atoms with Crippen LogP contribution in [0.5, 0.6) is 0 Å². The summed E-state index contributed by atoms with van der Waals surface area (Å²) in [5, 5.41) is 1.23. The van der Waals surface area contributed by atoms with Crippen molar-refractivity contribution in [2.75, 3.05) is 18.0 Å². The summed E-state index contributed by atoms with van der Waals surface area (Å²) in [6.45, 7) is 2.22. The fourth-order valence-corrected chi connectivity index (χ4v) is 3.43. The lowest BCUT2D eigenvalue weighted by Crippen LogP contribution is -2.32. The standard InChI is InChI=1S/C20H20N2/c1-2-6-16(7-3-1)17-10-12-22(13-11-17)19-14-18-8-4-5-9-20(18)21-15-19/h1-9,14-15,17H,10-13H2. The molecule has 0 amide bonds. The van der Waals surface area contributed by atoms with Crippen molar-refractivity contribution in [3.8, 4) is 0 Å². The van der Waals surface area contributed by atoms with Crippen LogP contribution in [0.3, 0.4) is 0 Å². The number of piperidine rings is 1. The van der Waals surface area contributed by atoms with E-state index >= 15 is 0 Å². The largest absolute Gasteiger partial charge is 0.370 e. The fraction of sp³-hybridized carbons (Fsp3) is 0.250. The number of nitrogens with zero attached hydrogens (tertiary/aromatic N) is 2. The Morgan fingerprint density at radius 1 is 0.864 bits per heavy atom. The third-order valence-electron chi connectivity index (χ3n) is 4.71. The molecule has 0 aliphatic carbocycles. The first-order chi connectivity index (χ1) is 10.9. The van der Waals surface area contributed by atoms with Gasteiger partial charge in [0.1, 0.15) is 0 Å². The van der Waals surface area contributed by atoms with Crippen LogP contribution in [0.4, 0.5) is 5.69 Å². The second-order valence-electron chi connectivity index (χ2n) is 6.06. The molecule has 1 aromatic heterocycles. The maximum atomic E-state index is 4.59. The topological polar surface area (TPSA) is 16.1 Å². The zero-order chi connectivity index (χ0) is 14.8. The highest BCUT2D eigenvalue weighted by Gasteiger charge is 2.20. The summed E-state index contributed by atoms with van der Waals surface area (Å²) in [5.74, 6) is 0.700. The van der Waals surface area contributed by atoms with E-state index in [2.05, 4.69) is 64.5 Å². The van der Waals surface area contributed by atoms with Gasteiger partial charge in [-0.15, -0.1) is 0 Å². The normalized spacial score (nSPS) is 16.1. The molecule has 3 aromatic rings. The van der Waals surface area contributed by atoms with Crippen LogP contribution >= 0.6 is 0 Å². The molecule has 1 aliphatic heterocycles. The summed E-state index contributed by atoms with van der Waals surface area (Å²) in [5.41, 5.74) is 3.81. The van der Waals surface area contributed by atoms with Gasteiger partial charge in [0.2, 0.25) is 0 Å². The van der Waals surface area contributed by atoms with Gasteiger partial charge >= 0.3 is 0 Å². The van der Waals surface area contributed by atoms with Crippen molar-refractivity contribution in [3.05, 3.63) is 72.4 Å². The monoisotopic (exact) mass is 288 g/mol. The molecule has 0 bridgehead atoms. The zero-order valence-corrected chi connectivity index (χ0v) is 12.7. The van der Waals surface area contributed by atoms with E-state index in [-0.39, 0.29) is 0 Å². The number of hydrogen-bond acceptors (Lipinski definition) is 2. The predicted octanol–water partition coefficient (Wildman–Crippen LogP) is 4.62. The van der Waals surface area contributed by atoms with Gasteiger partial charge < -0.3 is 4.90 Å². The van der Waals surface area contributed by atoms with Crippen LogP contribution in [0.1, 0.15) is 24.3 Å². The summed E-state index contributed by atoms with van der Waals surface area (Å²) in [7, 11) is 0. The van der Waals surface area contributed by atoms with Gasteiger partial charge in [-0.25, -0.2) is 0 Å². The molecule has 110 valence electrons. The minimum absolute atomic E-state index is 0.700. The molecule has 0 unspecified atom stereocenters. The first-order valence-electron chi connectivity index (χ1n) is 8.05. The molecule has 2 heteroatoms. The lowest BCUT2D eigenvalue weighted by molar-refractivity contribution is 0.505. The van der Waals surface area contributed by atoms with Crippen LogP contribution in [0, 0.1) is 0 Å². The minimum Gasteiger partial charge on any atom is -0.370 e. The van der Waals surface area contributed by atoms with Gasteiger partial charge in [-0.2, -0.15) is 0 Å². The van der Waals surface area contributed by atoms with E-state index in [1.54, 1.807) is 0 Å². The fourth-order valence-electron chi connectivity index (χ4n) is 3.43. The van der Waals surface area contributed by atoms with Crippen LogP contribution in [0.15, 0.2) is 66.9 Å². The molecule has 0 saturated carbocycles. The highest BCUT2D eigenvalue weighted by atomic mass is 15.1. The maximum absolute atomic E-state index is 4.59. The quantitative estimate of drug-likeness (QED) is 0.684. The van der Waals surface area contributed by atoms with Gasteiger partial charge in [-0.3, -0.25) is 4.98 Å². The Balaban J connectivity index is 1.50. The molecular weight excluding hydrogens is 268 g/mol. The van der Waals surface area contributed by atoms with Crippen LogP contribution < -0.4 is 4.90 Å². The Hall–Kier alpha value is -2.35. The summed E-state index contributed by atoms with van der Waals surface area (Å²) in [6.07, 6.45) is 4.46. The van der Waals surface area contributed by atoms with Crippen molar-refractivity contribution in [2.24, 2.45) is 0 Å². The van der Waals surface area contributed by atoms with Crippen LogP contribution in [-0.2, 0) is 0 Å². The molecule has 1 fully saturated rings. The molecule has 0 spiro atoms. The van der Waals surface area contributed by atoms with Crippen LogP contribution in [-0.4, -0.2) is 18.1 Å². The molecule has 1 saturated heterocycles. The number of pyridine rings is 1. The van der Waals surface area contributed by atoms with Crippen LogP contribution in [0.2, 0.25) is 0 Å². The molecular formula is C20H20N2. The summed E-state index contributed by atoms with van der Waals surface area (Å²) < 4.78 is 0. The van der Waals surface area contributed by atoms with Crippen molar-refractivity contribution >= 4 is 16.6 Å². The molecule has 1 aliphatic rings. The van der Waals surface area contributed by atoms with Crippen molar-refractivity contribution in [1.82, 2.24) is 4.98 Å². The maximum Gasteiger partial charge on any atom is 0.0703 e. The molecule has 0 atom stereocenters. The summed E-state index contributed by atoms with van der Waals surface area (Å²) >= 11 is 0. The van der Waals surface area contributed by atoms with Crippen molar-refractivity contribution in [2.45, 2.75) is 18.8 Å². The van der Waals surface area contributed by atoms with E-state index in [0.29, 0.717) is 5.92 Å². The first kappa shape index (κ1) is 13.3. The van der Waals surface area contributed by atoms with Crippen LogP contribution in [0.25, 0.3) is 10.9 Å². The summed E-state index contributed by atoms with van der Waals surface area (Å²) in [6, 6.07) is 21.5. The highest BCUT2D eigenvalue weighted by molar-refractivity contribution is 5.81. The van der Waals surface area contributed by atoms with E-state index in [4.69, 9.17) is 0 Å². The number of aromatic nitrogens is 1. The van der Waals surface area contributed by atoms with Gasteiger partial charge in [-0.1, -0.05) is 48.5 Å². The van der Waals surface area contributed by atoms with Crippen molar-refractivity contribution in [1.29, 1.82) is 0 Å². The lowest BCUT2D eigenvalue weighted by atomic mass is 9.89. The molecule has 2 nitrogen and oxygen atoms in total. The van der Waals surface area contributed by atoms with Gasteiger partial charge in [0.05, 0.1) is 17.4 Å². The van der Waals surface area contributed by atoms with Gasteiger partial charge in [0.15, 0.2) is 0 Å². The highest BCUT2D eigenvalue weighted by Crippen LogP contribution is 2.30. The SMILES string of the molecule is c1ccc(C2CCN(c3cnc4ccccc4c3)CC2)cc1. The number of fused-ring (bicyclic) bond motifs is 1. The lowest BCUT2D eigenvalue weighted by Gasteiger charge is -2.33. The average molecular weight is 288 g/mol. The minimum atomic E-state index is 0.700. The van der Waals surface area contributed by atoms with Gasteiger partial charge in [0, 0.05) is 18.5 Å². The van der Waals surface area contributed by atoms with Gasteiger partial charge in [0.25, 0.3) is 0 Å². The zero-order valence-electron chi connectivity index (χ0n) is 12.7. The number of anilines is 1. The molecule has 22 heavy (non-hydrogen) atoms. The van der Waals surface area contributed by atoms with E-state index < -0.39 is 0 Å². The summed E-state index contributed by atoms with van der Waals surface area (Å²) in [4.78, 5) is 7.06. The van der Waals surface area contributed by atoms with Crippen molar-refractivity contribution in [3.63, 3.8) is 0 Å². The Morgan fingerprint density at radius 3 is 2.41 bits per heavy atom. The van der Waals surface area contributed by atoms with Gasteiger partial charge in [-0.05, 0) is 36.5 Å². The van der Waals surface area contributed by atoms with E-state index in [1.807, 2.05) is 12.3 Å². The molecule has 2 aromatic carbocycles. The molecule has 0 N–H and O–H groups in total. The third-order valence-corrected chi connectivity index (χ3v) is 4.71. The molecule has 2 heterocycles. The Bertz CT molecular complexity index is 759. The number of hydrogen-bond donors (Lipinski definition) is 0. The first-order valence-corrected chi connectivity index (χ1v) is 8.05. The van der Waals surface area contributed by atoms with E-state index in [9.17, 15) is 0 Å². The second kappa shape index (κ2) is 5.80. The number of rotatable bonds is 2. The predicted molar refractivity (Wildman–Crippen MR) is 92.4 cm³/mol. The smallest absolute Gasteiger partial charge is 0.0703 e. The second-order valence-corrected chi connectivity index (χ2v) is 6.06. The molecule has 4 rings (SSSR count). The number of benzene rings is 2. The Kier molecular flexibility index (Phi) is 3.51. The van der Waals surface area contributed by atoms with E-state index in [1.165, 1.54) is 29.5 Å². The third kappa shape index (κ3) is 2.57. The Morgan fingerprint density at radius 2 is 1.59 bits per heavy atom.